The molecular weight excluding hydrogens is 323 g/mol. The summed E-state index contributed by atoms with van der Waals surface area (Å²) in [6.45, 7) is 0. The van der Waals surface area contributed by atoms with Crippen LogP contribution in [0.4, 0.5) is 30.7 Å². The second kappa shape index (κ2) is 5.84. The SMILES string of the molecule is FC(F)(Cl)Cl.FC(F)(F)C(F)(F)C(Cl)Cl. The van der Waals surface area contributed by atoms with Crippen molar-refractivity contribution in [1.29, 1.82) is 0 Å². The Labute approximate surface area is 99.2 Å². The number of alkyl halides is 11. The number of hydrogen-bond donors (Lipinski definition) is 0. The van der Waals surface area contributed by atoms with E-state index in [0.717, 1.165) is 0 Å². The van der Waals surface area contributed by atoms with Crippen molar-refractivity contribution in [3.8, 4) is 0 Å². The molecule has 0 unspecified atom stereocenters. The van der Waals surface area contributed by atoms with E-state index in [9.17, 15) is 30.7 Å². The minimum absolute atomic E-state index is 2.76. The van der Waals surface area contributed by atoms with Crippen LogP contribution in [0, 0.1) is 0 Å². The van der Waals surface area contributed by atoms with Crippen LogP contribution in [0.15, 0.2) is 0 Å². The highest BCUT2D eigenvalue weighted by Crippen LogP contribution is 2.41. The van der Waals surface area contributed by atoms with Crippen molar-refractivity contribution >= 4 is 46.4 Å². The van der Waals surface area contributed by atoms with E-state index in [1.807, 2.05) is 0 Å². The molecule has 0 aliphatic rings. The summed E-state index contributed by atoms with van der Waals surface area (Å²) >= 11 is 16.6. The Kier molecular flexibility index (Phi) is 7.02. The predicted molar refractivity (Wildman–Crippen MR) is 43.1 cm³/mol. The van der Waals surface area contributed by atoms with E-state index >= 15 is 0 Å². The van der Waals surface area contributed by atoms with Crippen LogP contribution in [-0.2, 0) is 0 Å². The van der Waals surface area contributed by atoms with E-state index < -0.39 is 21.8 Å². The lowest BCUT2D eigenvalue weighted by Crippen LogP contribution is -2.41. The molecule has 0 fully saturated rings. The van der Waals surface area contributed by atoms with Crippen LogP contribution in [0.3, 0.4) is 0 Å². The Morgan fingerprint density at radius 2 is 0.933 bits per heavy atom. The predicted octanol–water partition coefficient (Wildman–Crippen LogP) is 5.00. The maximum Gasteiger partial charge on any atom is 0.456 e. The fourth-order valence-electron chi connectivity index (χ4n) is 0.124. The number of halogens is 11. The van der Waals surface area contributed by atoms with Gasteiger partial charge in [-0.05, 0) is 23.2 Å². The lowest BCUT2D eigenvalue weighted by molar-refractivity contribution is -0.275. The standard InChI is InChI=1S/C3HCl2F5.CCl2F2/c4-1(5)2(6,7)3(8,9)10;2-1(3,4)5/h1H;. The van der Waals surface area contributed by atoms with Gasteiger partial charge in [0, 0.05) is 0 Å². The van der Waals surface area contributed by atoms with Gasteiger partial charge in [0.1, 0.15) is 0 Å². The third kappa shape index (κ3) is 9.59. The second-order valence-electron chi connectivity index (χ2n) is 1.85. The van der Waals surface area contributed by atoms with E-state index in [0.29, 0.717) is 0 Å². The molecule has 0 N–H and O–H groups in total. The summed E-state index contributed by atoms with van der Waals surface area (Å²) in [6.07, 6.45) is -5.68. The quantitative estimate of drug-likeness (QED) is 0.470. The molecule has 0 radical (unpaired) electrons. The Balaban J connectivity index is 0. The van der Waals surface area contributed by atoms with E-state index in [2.05, 4.69) is 46.4 Å². The highest BCUT2D eigenvalue weighted by molar-refractivity contribution is 6.45. The summed E-state index contributed by atoms with van der Waals surface area (Å²) in [7, 11) is 0. The Hall–Kier alpha value is 0.670. The summed E-state index contributed by atoms with van der Waals surface area (Å²) in [5.41, 5.74) is 0. The highest BCUT2D eigenvalue weighted by Gasteiger charge is 2.61. The summed E-state index contributed by atoms with van der Waals surface area (Å²) in [5, 5.41) is 0. The summed E-state index contributed by atoms with van der Waals surface area (Å²) < 4.78 is 77.9. The lowest BCUT2D eigenvalue weighted by atomic mass is 10.4. The van der Waals surface area contributed by atoms with Crippen LogP contribution in [-0.4, -0.2) is 21.8 Å². The zero-order valence-electron chi connectivity index (χ0n) is 6.23. The normalized spacial score (nSPS) is 13.6. The molecule has 15 heavy (non-hydrogen) atoms. The monoisotopic (exact) mass is 322 g/mol. The minimum atomic E-state index is -5.68. The van der Waals surface area contributed by atoms with Crippen LogP contribution in [0.5, 0.6) is 0 Å². The molecule has 0 rings (SSSR count). The highest BCUT2D eigenvalue weighted by atomic mass is 35.5. The summed E-state index contributed by atoms with van der Waals surface area (Å²) in [4.78, 5) is -6.31. The average Bonchev–Trinajstić information content (AvgIpc) is 1.79. The first kappa shape index (κ1) is 18.0. The van der Waals surface area contributed by atoms with Crippen LogP contribution >= 0.6 is 46.4 Å². The van der Waals surface area contributed by atoms with Gasteiger partial charge < -0.3 is 0 Å². The van der Waals surface area contributed by atoms with Crippen molar-refractivity contribution in [2.75, 3.05) is 0 Å². The maximum absolute atomic E-state index is 11.7. The van der Waals surface area contributed by atoms with Crippen LogP contribution in [0.25, 0.3) is 0 Å². The molecule has 0 aliphatic heterocycles. The van der Waals surface area contributed by atoms with Gasteiger partial charge in [-0.1, -0.05) is 23.2 Å². The minimum Gasteiger partial charge on any atom is -0.193 e. The summed E-state index contributed by atoms with van der Waals surface area (Å²) in [5.74, 6) is -5.03. The van der Waals surface area contributed by atoms with Gasteiger partial charge in [0.2, 0.25) is 0 Å². The fraction of sp³-hybridized carbons (Fsp3) is 1.00. The van der Waals surface area contributed by atoms with Crippen molar-refractivity contribution in [2.45, 2.75) is 21.8 Å². The first-order valence-corrected chi connectivity index (χ1v) is 4.30. The van der Waals surface area contributed by atoms with Gasteiger partial charge in [0.25, 0.3) is 0 Å². The van der Waals surface area contributed by atoms with E-state index in [4.69, 9.17) is 0 Å². The molecule has 0 bridgehead atoms. The molecule has 0 aliphatic carbocycles. The van der Waals surface area contributed by atoms with Crippen LogP contribution in [0.1, 0.15) is 0 Å². The van der Waals surface area contributed by atoms with Crippen molar-refractivity contribution in [3.63, 3.8) is 0 Å². The maximum atomic E-state index is 11.7. The Morgan fingerprint density at radius 3 is 0.933 bits per heavy atom. The van der Waals surface area contributed by atoms with Gasteiger partial charge in [-0.3, -0.25) is 0 Å². The second-order valence-corrected chi connectivity index (χ2v) is 4.09. The molecule has 0 saturated heterocycles. The van der Waals surface area contributed by atoms with Gasteiger partial charge in [0.05, 0.1) is 0 Å². The van der Waals surface area contributed by atoms with Gasteiger partial charge in [-0.25, -0.2) is 0 Å². The van der Waals surface area contributed by atoms with Crippen LogP contribution < -0.4 is 0 Å². The number of rotatable bonds is 1. The van der Waals surface area contributed by atoms with Crippen molar-refractivity contribution in [2.24, 2.45) is 0 Å². The molecule has 0 heterocycles. The summed E-state index contributed by atoms with van der Waals surface area (Å²) in [6, 6.07) is 0. The molecule has 0 spiro atoms. The third-order valence-corrected chi connectivity index (χ3v) is 1.20. The smallest absolute Gasteiger partial charge is 0.193 e. The van der Waals surface area contributed by atoms with Gasteiger partial charge in [-0.2, -0.15) is 30.7 Å². The van der Waals surface area contributed by atoms with Crippen molar-refractivity contribution < 1.29 is 30.7 Å². The Bertz CT molecular complexity index is 176. The molecule has 0 aromatic rings. The third-order valence-electron chi connectivity index (χ3n) is 0.652. The lowest BCUT2D eigenvalue weighted by Gasteiger charge is -2.19. The van der Waals surface area contributed by atoms with Crippen molar-refractivity contribution in [1.82, 2.24) is 0 Å². The largest absolute Gasteiger partial charge is 0.456 e. The average molecular weight is 324 g/mol. The number of hydrogen-bond acceptors (Lipinski definition) is 0. The van der Waals surface area contributed by atoms with E-state index in [1.165, 1.54) is 0 Å². The molecule has 0 saturated carbocycles. The zero-order chi connectivity index (χ0) is 13.1. The van der Waals surface area contributed by atoms with E-state index in [1.54, 1.807) is 0 Å². The van der Waals surface area contributed by atoms with Crippen LogP contribution in [0.2, 0.25) is 0 Å². The molecule has 11 heteroatoms. The fourth-order valence-corrected chi connectivity index (χ4v) is 0.371. The topological polar surface area (TPSA) is 0 Å². The van der Waals surface area contributed by atoms with Crippen molar-refractivity contribution in [3.05, 3.63) is 0 Å². The van der Waals surface area contributed by atoms with Gasteiger partial charge in [0.15, 0.2) is 4.84 Å². The van der Waals surface area contributed by atoms with E-state index in [-0.39, 0.29) is 0 Å². The molecule has 0 aromatic carbocycles. The Morgan fingerprint density at radius 1 is 0.733 bits per heavy atom. The molecule has 0 amide bonds. The zero-order valence-corrected chi connectivity index (χ0v) is 9.26. The first-order valence-electron chi connectivity index (χ1n) is 2.68. The van der Waals surface area contributed by atoms with Gasteiger partial charge in [-0.15, -0.1) is 0 Å². The molecule has 94 valence electrons. The molecular formula is C4HCl4F7. The van der Waals surface area contributed by atoms with Gasteiger partial charge >= 0.3 is 16.9 Å². The first-order chi connectivity index (χ1) is 6.19. The molecule has 0 atom stereocenters. The molecule has 0 aromatic heterocycles. The molecule has 0 nitrogen and oxygen atoms in total.